The van der Waals surface area contributed by atoms with E-state index in [1.165, 1.54) is 4.31 Å². The summed E-state index contributed by atoms with van der Waals surface area (Å²) >= 11 is 12.1. The van der Waals surface area contributed by atoms with E-state index in [1.807, 2.05) is 14.0 Å². The Morgan fingerprint density at radius 2 is 2.00 bits per heavy atom. The molecule has 0 aromatic carbocycles. The molecule has 1 aliphatic heterocycles. The third-order valence-corrected chi connectivity index (χ3v) is 6.69. The fourth-order valence-electron chi connectivity index (χ4n) is 2.49. The molecule has 148 valence electrons. The lowest BCUT2D eigenvalue weighted by Gasteiger charge is -2.26. The van der Waals surface area contributed by atoms with Crippen molar-refractivity contribution < 1.29 is 13.2 Å². The predicted molar refractivity (Wildman–Crippen MR) is 104 cm³/mol. The summed E-state index contributed by atoms with van der Waals surface area (Å²) < 4.78 is 33.1. The van der Waals surface area contributed by atoms with Crippen LogP contribution < -0.4 is 10.6 Å². The summed E-state index contributed by atoms with van der Waals surface area (Å²) in [6.45, 7) is 4.94. The van der Waals surface area contributed by atoms with E-state index in [4.69, 9.17) is 27.9 Å². The fourth-order valence-corrected chi connectivity index (χ4v) is 4.23. The van der Waals surface area contributed by atoms with E-state index in [1.54, 1.807) is 10.6 Å². The van der Waals surface area contributed by atoms with Gasteiger partial charge in [-0.25, -0.2) is 13.4 Å². The number of guanidine groups is 1. The zero-order valence-corrected chi connectivity index (χ0v) is 17.3. The van der Waals surface area contributed by atoms with Gasteiger partial charge < -0.3 is 19.9 Å². The first-order valence-corrected chi connectivity index (χ1v) is 10.8. The van der Waals surface area contributed by atoms with Crippen LogP contribution in [0.3, 0.4) is 0 Å². The number of ether oxygens (including phenoxy) is 1. The van der Waals surface area contributed by atoms with Crippen LogP contribution in [0.4, 0.5) is 0 Å². The van der Waals surface area contributed by atoms with E-state index in [0.29, 0.717) is 55.5 Å². The topological polar surface area (TPSA) is 88.0 Å². The van der Waals surface area contributed by atoms with Crippen LogP contribution in [0.5, 0.6) is 0 Å². The highest BCUT2D eigenvalue weighted by Gasteiger charge is 2.23. The van der Waals surface area contributed by atoms with Gasteiger partial charge in [0, 0.05) is 38.9 Å². The van der Waals surface area contributed by atoms with Crippen molar-refractivity contribution in [2.45, 2.75) is 13.5 Å². The van der Waals surface area contributed by atoms with Crippen molar-refractivity contribution in [2.75, 3.05) is 45.1 Å². The number of aliphatic imine (C=N–C) groups is 1. The summed E-state index contributed by atoms with van der Waals surface area (Å²) in [5.74, 6) is 0.539. The largest absolute Gasteiger partial charge is 0.379 e. The zero-order valence-electron chi connectivity index (χ0n) is 15.0. The smallest absolute Gasteiger partial charge is 0.215 e. The van der Waals surface area contributed by atoms with Gasteiger partial charge in [-0.15, -0.1) is 0 Å². The van der Waals surface area contributed by atoms with Gasteiger partial charge in [-0.3, -0.25) is 0 Å². The first-order valence-electron chi connectivity index (χ1n) is 8.42. The van der Waals surface area contributed by atoms with Crippen molar-refractivity contribution in [1.82, 2.24) is 19.5 Å². The van der Waals surface area contributed by atoms with E-state index in [0.717, 1.165) is 5.69 Å². The number of rotatable bonds is 7. The van der Waals surface area contributed by atoms with Gasteiger partial charge in [0.25, 0.3) is 0 Å². The van der Waals surface area contributed by atoms with Crippen molar-refractivity contribution in [3.05, 3.63) is 21.9 Å². The third-order valence-electron chi connectivity index (χ3n) is 3.98. The zero-order chi connectivity index (χ0) is 19.2. The number of aromatic nitrogens is 1. The third kappa shape index (κ3) is 5.75. The second-order valence-corrected chi connectivity index (χ2v) is 8.64. The van der Waals surface area contributed by atoms with Crippen molar-refractivity contribution in [2.24, 2.45) is 12.0 Å². The van der Waals surface area contributed by atoms with Crippen LogP contribution in [-0.2, 0) is 28.4 Å². The molecule has 1 saturated heterocycles. The Morgan fingerprint density at radius 3 is 2.58 bits per heavy atom. The number of nitrogens with zero attached hydrogens (tertiary/aromatic N) is 3. The Bertz CT molecular complexity index is 730. The summed E-state index contributed by atoms with van der Waals surface area (Å²) in [4.78, 5) is 4.46. The van der Waals surface area contributed by atoms with Crippen LogP contribution in [0.2, 0.25) is 10.2 Å². The van der Waals surface area contributed by atoms with Gasteiger partial charge in [-0.05, 0) is 13.0 Å². The number of nitrogens with one attached hydrogen (secondary N) is 2. The van der Waals surface area contributed by atoms with E-state index in [2.05, 4.69) is 15.6 Å². The molecule has 0 unspecified atom stereocenters. The van der Waals surface area contributed by atoms with E-state index >= 15 is 0 Å². The molecule has 0 aliphatic carbocycles. The summed E-state index contributed by atoms with van der Waals surface area (Å²) in [7, 11) is -1.49. The number of morpholine rings is 1. The molecule has 26 heavy (non-hydrogen) atoms. The van der Waals surface area contributed by atoms with E-state index < -0.39 is 10.0 Å². The number of hydrogen-bond donors (Lipinski definition) is 2. The lowest BCUT2D eigenvalue weighted by atomic mass is 10.4. The van der Waals surface area contributed by atoms with E-state index in [-0.39, 0.29) is 12.3 Å². The Hall–Kier alpha value is -1.00. The minimum atomic E-state index is -3.30. The fraction of sp³-hybridized carbons (Fsp3) is 0.667. The van der Waals surface area contributed by atoms with Gasteiger partial charge in [0.15, 0.2) is 5.96 Å². The van der Waals surface area contributed by atoms with Gasteiger partial charge in [-0.1, -0.05) is 23.2 Å². The van der Waals surface area contributed by atoms with Crippen LogP contribution in [0.1, 0.15) is 12.6 Å². The molecular formula is C15H25Cl2N5O3S. The normalized spacial score (nSPS) is 16.7. The number of halogens is 2. The lowest BCUT2D eigenvalue weighted by Crippen LogP contribution is -2.45. The molecule has 0 amide bonds. The standard InChI is InChI=1S/C15H25Cl2N5O3S/c1-3-18-15(20-11-12-10-13(16)14(17)21(12)2)19-4-9-26(23,24)22-5-7-25-8-6-22/h10H,3-9,11H2,1-2H3,(H2,18,19,20). The van der Waals surface area contributed by atoms with Gasteiger partial charge in [0.2, 0.25) is 10.0 Å². The maximum Gasteiger partial charge on any atom is 0.215 e. The molecule has 2 heterocycles. The highest BCUT2D eigenvalue weighted by Crippen LogP contribution is 2.25. The first kappa shape index (κ1) is 21.3. The van der Waals surface area contributed by atoms with Crippen molar-refractivity contribution in [1.29, 1.82) is 0 Å². The summed E-state index contributed by atoms with van der Waals surface area (Å²) in [5.41, 5.74) is 0.859. The summed E-state index contributed by atoms with van der Waals surface area (Å²) in [6, 6.07) is 1.76. The molecule has 0 radical (unpaired) electrons. The van der Waals surface area contributed by atoms with Gasteiger partial charge in [0.1, 0.15) is 5.15 Å². The molecule has 0 spiro atoms. The SMILES string of the molecule is CCNC(=NCc1cc(Cl)c(Cl)n1C)NCCS(=O)(=O)N1CCOCC1. The second-order valence-electron chi connectivity index (χ2n) is 5.78. The minimum Gasteiger partial charge on any atom is -0.379 e. The predicted octanol–water partition coefficient (Wildman–Crippen LogP) is 1.05. The van der Waals surface area contributed by atoms with Crippen LogP contribution in [0, 0.1) is 0 Å². The second kappa shape index (κ2) is 9.80. The van der Waals surface area contributed by atoms with Gasteiger partial charge >= 0.3 is 0 Å². The van der Waals surface area contributed by atoms with Crippen LogP contribution in [0.15, 0.2) is 11.1 Å². The molecule has 2 rings (SSSR count). The monoisotopic (exact) mass is 425 g/mol. The maximum absolute atomic E-state index is 12.3. The Morgan fingerprint density at radius 1 is 1.31 bits per heavy atom. The van der Waals surface area contributed by atoms with Crippen LogP contribution in [0.25, 0.3) is 0 Å². The Labute approximate surface area is 164 Å². The molecule has 11 heteroatoms. The quantitative estimate of drug-likeness (QED) is 0.503. The highest BCUT2D eigenvalue weighted by atomic mass is 35.5. The van der Waals surface area contributed by atoms with Crippen molar-refractivity contribution >= 4 is 39.2 Å². The summed E-state index contributed by atoms with van der Waals surface area (Å²) in [6.07, 6.45) is 0. The molecule has 1 aromatic rings. The first-order chi connectivity index (χ1) is 12.3. The number of sulfonamides is 1. The van der Waals surface area contributed by atoms with Gasteiger partial charge in [-0.2, -0.15) is 4.31 Å². The molecule has 0 saturated carbocycles. The lowest BCUT2D eigenvalue weighted by molar-refractivity contribution is 0.0730. The Balaban J connectivity index is 1.91. The summed E-state index contributed by atoms with van der Waals surface area (Å²) in [5, 5.41) is 7.09. The van der Waals surface area contributed by atoms with Crippen LogP contribution in [-0.4, -0.2) is 68.4 Å². The molecule has 0 bridgehead atoms. The Kier molecular flexibility index (Phi) is 8.03. The molecule has 1 fully saturated rings. The van der Waals surface area contributed by atoms with Crippen molar-refractivity contribution in [3.8, 4) is 0 Å². The average Bonchev–Trinajstić information content (AvgIpc) is 2.87. The highest BCUT2D eigenvalue weighted by molar-refractivity contribution is 7.89. The van der Waals surface area contributed by atoms with Crippen LogP contribution >= 0.6 is 23.2 Å². The maximum atomic E-state index is 12.3. The van der Waals surface area contributed by atoms with E-state index in [9.17, 15) is 8.42 Å². The molecule has 2 N–H and O–H groups in total. The van der Waals surface area contributed by atoms with Crippen molar-refractivity contribution in [3.63, 3.8) is 0 Å². The molecule has 0 atom stereocenters. The molecular weight excluding hydrogens is 401 g/mol. The van der Waals surface area contributed by atoms with Gasteiger partial charge in [0.05, 0.1) is 30.5 Å². The minimum absolute atomic E-state index is 0.000769. The molecule has 1 aliphatic rings. The molecule has 1 aromatic heterocycles. The number of hydrogen-bond acceptors (Lipinski definition) is 4. The average molecular weight is 426 g/mol. The molecule has 8 nitrogen and oxygen atoms in total.